The summed E-state index contributed by atoms with van der Waals surface area (Å²) in [6, 6.07) is 2.40. The average Bonchev–Trinajstić information content (AvgIpc) is 2.75. The van der Waals surface area contributed by atoms with Gasteiger partial charge >= 0.3 is 12.1 Å². The quantitative estimate of drug-likeness (QED) is 0.339. The van der Waals surface area contributed by atoms with Gasteiger partial charge in [-0.05, 0) is 63.5 Å². The maximum absolute atomic E-state index is 14.8. The molecule has 0 spiro atoms. The van der Waals surface area contributed by atoms with E-state index in [1.54, 1.807) is 0 Å². The zero-order valence-corrected chi connectivity index (χ0v) is 18.7. The molecule has 3 rings (SSSR count). The first-order valence-corrected chi connectivity index (χ1v) is 11.6. The Labute approximate surface area is 186 Å². The third-order valence-electron chi connectivity index (χ3n) is 6.45. The number of esters is 1. The van der Waals surface area contributed by atoms with Gasteiger partial charge in [0.2, 0.25) is 0 Å². The van der Waals surface area contributed by atoms with Crippen LogP contribution >= 0.6 is 0 Å². The van der Waals surface area contributed by atoms with Gasteiger partial charge < -0.3 is 14.2 Å². The van der Waals surface area contributed by atoms with Gasteiger partial charge in [0, 0.05) is 5.56 Å². The Balaban J connectivity index is 1.58. The minimum absolute atomic E-state index is 0.00266. The van der Waals surface area contributed by atoms with Crippen LogP contribution in [0.15, 0.2) is 12.1 Å². The number of halogens is 4. The molecule has 180 valence electrons. The summed E-state index contributed by atoms with van der Waals surface area (Å²) < 4.78 is 71.3. The van der Waals surface area contributed by atoms with Crippen molar-refractivity contribution in [3.05, 3.63) is 29.1 Å². The summed E-state index contributed by atoms with van der Waals surface area (Å²) in [6.07, 6.45) is 1.03. The van der Waals surface area contributed by atoms with Crippen molar-refractivity contribution < 1.29 is 36.6 Å². The summed E-state index contributed by atoms with van der Waals surface area (Å²) in [7, 11) is 0. The zero-order valence-electron chi connectivity index (χ0n) is 18.7. The van der Waals surface area contributed by atoms with Crippen molar-refractivity contribution >= 4 is 5.97 Å². The normalized spacial score (nSPS) is 26.6. The molecule has 2 fully saturated rings. The monoisotopic (exact) mass is 460 g/mol. The first kappa shape index (κ1) is 24.8. The highest BCUT2D eigenvalue weighted by Crippen LogP contribution is 2.42. The summed E-state index contributed by atoms with van der Waals surface area (Å²) in [6.45, 7) is 3.70. The van der Waals surface area contributed by atoms with Gasteiger partial charge in [-0.1, -0.05) is 19.8 Å². The van der Waals surface area contributed by atoms with Crippen LogP contribution in [-0.2, 0) is 20.4 Å². The number of carbonyl (C=O) groups excluding carboxylic acids is 1. The molecule has 2 aliphatic rings. The van der Waals surface area contributed by atoms with Crippen molar-refractivity contribution in [2.45, 2.75) is 83.6 Å². The summed E-state index contributed by atoms with van der Waals surface area (Å²) >= 11 is 0. The fourth-order valence-electron chi connectivity index (χ4n) is 4.75. The predicted octanol–water partition coefficient (Wildman–Crippen LogP) is 6.61. The van der Waals surface area contributed by atoms with Gasteiger partial charge in [0.25, 0.3) is 0 Å². The van der Waals surface area contributed by atoms with E-state index in [-0.39, 0.29) is 37.3 Å². The largest absolute Gasteiger partial charge is 0.493 e. The lowest BCUT2D eigenvalue weighted by molar-refractivity contribution is -0.162. The van der Waals surface area contributed by atoms with Crippen LogP contribution in [0.25, 0.3) is 0 Å². The molecule has 0 amide bonds. The number of alkyl halides is 3. The van der Waals surface area contributed by atoms with Gasteiger partial charge in [-0.25, -0.2) is 4.39 Å². The lowest BCUT2D eigenvalue weighted by atomic mass is 9.84. The lowest BCUT2D eigenvalue weighted by Crippen LogP contribution is -2.33. The van der Waals surface area contributed by atoms with Crippen molar-refractivity contribution in [3.8, 4) is 5.75 Å². The standard InChI is InChI=1S/C24H32F4O4/c1-3-5-15-6-9-17(10-7-15)32-23(29)16-8-12-19(31-14-16)18-11-13-20(30-4-2)21(22(18)25)24(26,27)28/h11,13,15-17,19H,3-10,12,14H2,1-2H3. The molecule has 0 bridgehead atoms. The molecule has 2 atom stereocenters. The number of ether oxygens (including phenoxy) is 3. The topological polar surface area (TPSA) is 44.8 Å². The number of rotatable bonds is 7. The van der Waals surface area contributed by atoms with E-state index < -0.39 is 35.3 Å². The Kier molecular flexibility index (Phi) is 8.42. The van der Waals surface area contributed by atoms with Gasteiger partial charge in [-0.3, -0.25) is 4.79 Å². The van der Waals surface area contributed by atoms with Gasteiger partial charge in [-0.2, -0.15) is 13.2 Å². The lowest BCUT2D eigenvalue weighted by Gasteiger charge is -2.32. The minimum atomic E-state index is -4.89. The van der Waals surface area contributed by atoms with Crippen LogP contribution in [-0.4, -0.2) is 25.3 Å². The highest BCUT2D eigenvalue weighted by Gasteiger charge is 2.41. The fraction of sp³-hybridized carbons (Fsp3) is 0.708. The van der Waals surface area contributed by atoms with E-state index in [0.717, 1.165) is 38.2 Å². The third kappa shape index (κ3) is 5.94. The fourth-order valence-corrected chi connectivity index (χ4v) is 4.75. The molecule has 1 aromatic rings. The number of hydrogen-bond donors (Lipinski definition) is 0. The molecular weight excluding hydrogens is 428 g/mol. The number of benzene rings is 1. The van der Waals surface area contributed by atoms with Gasteiger partial charge in [0.05, 0.1) is 25.2 Å². The van der Waals surface area contributed by atoms with E-state index in [4.69, 9.17) is 14.2 Å². The van der Waals surface area contributed by atoms with Gasteiger partial charge in [0.1, 0.15) is 23.2 Å². The van der Waals surface area contributed by atoms with Crippen LogP contribution in [0.1, 0.15) is 82.4 Å². The van der Waals surface area contributed by atoms with E-state index >= 15 is 0 Å². The van der Waals surface area contributed by atoms with E-state index in [9.17, 15) is 22.4 Å². The number of hydrogen-bond acceptors (Lipinski definition) is 4. The molecule has 32 heavy (non-hydrogen) atoms. The zero-order chi connectivity index (χ0) is 23.3. The van der Waals surface area contributed by atoms with E-state index in [1.165, 1.54) is 19.4 Å². The Bertz CT molecular complexity index is 764. The van der Waals surface area contributed by atoms with Crippen molar-refractivity contribution in [1.29, 1.82) is 0 Å². The predicted molar refractivity (Wildman–Crippen MR) is 111 cm³/mol. The molecule has 2 unspecified atom stereocenters. The summed E-state index contributed by atoms with van der Waals surface area (Å²) in [5, 5.41) is 0. The smallest absolute Gasteiger partial charge is 0.422 e. The molecule has 1 aromatic carbocycles. The van der Waals surface area contributed by atoms with E-state index in [0.29, 0.717) is 12.3 Å². The molecule has 1 aliphatic heterocycles. The van der Waals surface area contributed by atoms with Crippen LogP contribution in [0.3, 0.4) is 0 Å². The Morgan fingerprint density at radius 3 is 2.38 bits per heavy atom. The highest BCUT2D eigenvalue weighted by molar-refractivity contribution is 5.73. The maximum Gasteiger partial charge on any atom is 0.422 e. The summed E-state index contributed by atoms with van der Waals surface area (Å²) in [4.78, 5) is 12.5. The molecule has 4 nitrogen and oxygen atoms in total. The Morgan fingerprint density at radius 2 is 1.81 bits per heavy atom. The molecule has 1 aliphatic carbocycles. The SMILES string of the molecule is CCCC1CCC(OC(=O)C2CCC(c3ccc(OCC)c(C(F)(F)F)c3F)OC2)CC1. The molecule has 0 aromatic heterocycles. The highest BCUT2D eigenvalue weighted by atomic mass is 19.4. The van der Waals surface area contributed by atoms with Crippen LogP contribution in [0.2, 0.25) is 0 Å². The maximum atomic E-state index is 14.8. The van der Waals surface area contributed by atoms with Crippen LogP contribution in [0.5, 0.6) is 5.75 Å². The van der Waals surface area contributed by atoms with Crippen LogP contribution < -0.4 is 4.74 Å². The summed E-state index contributed by atoms with van der Waals surface area (Å²) in [5.74, 6) is -2.01. The van der Waals surface area contributed by atoms with E-state index in [1.807, 2.05) is 0 Å². The second-order valence-corrected chi connectivity index (χ2v) is 8.74. The average molecular weight is 461 g/mol. The van der Waals surface area contributed by atoms with Crippen LogP contribution in [0.4, 0.5) is 17.6 Å². The van der Waals surface area contributed by atoms with Crippen molar-refractivity contribution in [2.24, 2.45) is 11.8 Å². The Morgan fingerprint density at radius 1 is 1.09 bits per heavy atom. The van der Waals surface area contributed by atoms with E-state index in [2.05, 4.69) is 6.92 Å². The molecule has 8 heteroatoms. The first-order chi connectivity index (χ1) is 15.2. The number of carbonyl (C=O) groups is 1. The molecule has 1 saturated heterocycles. The summed E-state index contributed by atoms with van der Waals surface area (Å²) in [5.41, 5.74) is -1.58. The van der Waals surface area contributed by atoms with Crippen molar-refractivity contribution in [2.75, 3.05) is 13.2 Å². The minimum Gasteiger partial charge on any atom is -0.493 e. The van der Waals surface area contributed by atoms with Gasteiger partial charge in [-0.15, -0.1) is 0 Å². The third-order valence-corrected chi connectivity index (χ3v) is 6.45. The first-order valence-electron chi connectivity index (χ1n) is 11.6. The molecule has 0 N–H and O–H groups in total. The molecular formula is C24H32F4O4. The Hall–Kier alpha value is -1.83. The molecule has 1 heterocycles. The second-order valence-electron chi connectivity index (χ2n) is 8.74. The van der Waals surface area contributed by atoms with Crippen molar-refractivity contribution in [3.63, 3.8) is 0 Å². The van der Waals surface area contributed by atoms with Gasteiger partial charge in [0.15, 0.2) is 0 Å². The molecule has 1 saturated carbocycles. The second kappa shape index (κ2) is 10.9. The van der Waals surface area contributed by atoms with Crippen molar-refractivity contribution in [1.82, 2.24) is 0 Å². The van der Waals surface area contributed by atoms with Crippen LogP contribution in [0, 0.1) is 17.7 Å². The molecule has 0 radical (unpaired) electrons.